The summed E-state index contributed by atoms with van der Waals surface area (Å²) < 4.78 is 4.16. The van der Waals surface area contributed by atoms with E-state index < -0.39 is 0 Å². The Balaban J connectivity index is 2.36. The van der Waals surface area contributed by atoms with Crippen LogP contribution in [0.25, 0.3) is 0 Å². The molecule has 2 heterocycles. The monoisotopic (exact) mass is 171 g/mol. The molecule has 0 fully saturated rings. The van der Waals surface area contributed by atoms with Gasteiger partial charge in [0.1, 0.15) is 25.0 Å². The lowest BCUT2D eigenvalue weighted by Gasteiger charge is -2.13. The topological polar surface area (TPSA) is 29.0 Å². The van der Waals surface area contributed by atoms with Gasteiger partial charge in [-0.25, -0.2) is 9.13 Å². The molecular formula is C7H11N2OS+. The number of nitrogens with zero attached hydrogens (tertiary/aromatic N) is 2. The maximum Gasteiger partial charge on any atom is 0.317 e. The van der Waals surface area contributed by atoms with E-state index in [2.05, 4.69) is 9.13 Å². The fourth-order valence-electron chi connectivity index (χ4n) is 1.28. The lowest BCUT2D eigenvalue weighted by atomic mass is 10.4. The number of imidazole rings is 1. The van der Waals surface area contributed by atoms with E-state index in [-0.39, 0.29) is 6.10 Å². The number of thioether (sulfide) groups is 1. The first-order valence-corrected chi connectivity index (χ1v) is 4.61. The summed E-state index contributed by atoms with van der Waals surface area (Å²) in [5.74, 6) is 0.817. The van der Waals surface area contributed by atoms with Crippen LogP contribution in [0.2, 0.25) is 0 Å². The second kappa shape index (κ2) is 2.53. The van der Waals surface area contributed by atoms with Gasteiger partial charge < -0.3 is 5.11 Å². The van der Waals surface area contributed by atoms with Crippen LogP contribution in [0.3, 0.4) is 0 Å². The standard InChI is InChI=1S/C7H11N2OS/c1-8-2-3-9-4-6(10)5-11-7(8)9/h2-3,6,10H,4-5H2,1H3/q+1. The van der Waals surface area contributed by atoms with Gasteiger partial charge in [-0.3, -0.25) is 0 Å². The van der Waals surface area contributed by atoms with Crippen molar-refractivity contribution >= 4 is 11.8 Å². The summed E-state index contributed by atoms with van der Waals surface area (Å²) in [6.45, 7) is 0.739. The van der Waals surface area contributed by atoms with Gasteiger partial charge in [0.05, 0.1) is 7.05 Å². The molecule has 11 heavy (non-hydrogen) atoms. The number of rotatable bonds is 0. The molecule has 0 aliphatic carbocycles. The summed E-state index contributed by atoms with van der Waals surface area (Å²) in [6, 6.07) is 0. The average molecular weight is 171 g/mol. The molecule has 1 N–H and O–H groups in total. The van der Waals surface area contributed by atoms with E-state index in [0.29, 0.717) is 0 Å². The Bertz CT molecular complexity index is 271. The summed E-state index contributed by atoms with van der Waals surface area (Å²) in [6.07, 6.45) is 3.84. The fraction of sp³-hybridized carbons (Fsp3) is 0.571. The lowest BCUT2D eigenvalue weighted by Crippen LogP contribution is -2.33. The van der Waals surface area contributed by atoms with Crippen molar-refractivity contribution in [3.63, 3.8) is 0 Å². The van der Waals surface area contributed by atoms with Crippen molar-refractivity contribution in [2.45, 2.75) is 17.8 Å². The quantitative estimate of drug-likeness (QED) is 0.547. The number of hydrogen-bond donors (Lipinski definition) is 1. The molecule has 0 spiro atoms. The molecule has 0 saturated carbocycles. The van der Waals surface area contributed by atoms with Crippen molar-refractivity contribution in [2.75, 3.05) is 5.75 Å². The third-order valence-corrected chi connectivity index (χ3v) is 3.16. The van der Waals surface area contributed by atoms with E-state index in [1.54, 1.807) is 11.8 Å². The molecule has 1 unspecified atom stereocenters. The first kappa shape index (κ1) is 7.18. The van der Waals surface area contributed by atoms with E-state index in [4.69, 9.17) is 0 Å². The molecule has 60 valence electrons. The Morgan fingerprint density at radius 2 is 2.64 bits per heavy atom. The first-order valence-electron chi connectivity index (χ1n) is 3.63. The largest absolute Gasteiger partial charge is 0.388 e. The minimum atomic E-state index is -0.181. The van der Waals surface area contributed by atoms with Crippen molar-refractivity contribution in [3.05, 3.63) is 12.4 Å². The van der Waals surface area contributed by atoms with Crippen molar-refractivity contribution < 1.29 is 9.67 Å². The molecule has 2 rings (SSSR count). The molecule has 0 bridgehead atoms. The highest BCUT2D eigenvalue weighted by molar-refractivity contribution is 7.99. The predicted octanol–water partition coefficient (Wildman–Crippen LogP) is -0.221. The molecule has 0 amide bonds. The minimum absolute atomic E-state index is 0.181. The second-order valence-corrected chi connectivity index (χ2v) is 3.80. The maximum absolute atomic E-state index is 9.31. The summed E-state index contributed by atoms with van der Waals surface area (Å²) >= 11 is 1.71. The normalized spacial score (nSPS) is 23.3. The maximum atomic E-state index is 9.31. The third-order valence-electron chi connectivity index (χ3n) is 1.83. The molecule has 0 saturated heterocycles. The minimum Gasteiger partial charge on any atom is -0.388 e. The van der Waals surface area contributed by atoms with Gasteiger partial charge in [0, 0.05) is 5.75 Å². The molecular weight excluding hydrogens is 160 g/mol. The molecule has 1 aromatic rings. The van der Waals surface area contributed by atoms with Gasteiger partial charge >= 0.3 is 5.16 Å². The Kier molecular flexibility index (Phi) is 1.65. The molecule has 1 aliphatic heterocycles. The smallest absolute Gasteiger partial charge is 0.317 e. The van der Waals surface area contributed by atoms with Crippen LogP contribution in [0.15, 0.2) is 17.6 Å². The van der Waals surface area contributed by atoms with Crippen LogP contribution in [0, 0.1) is 0 Å². The van der Waals surface area contributed by atoms with Crippen molar-refractivity contribution in [1.82, 2.24) is 4.57 Å². The number of hydrogen-bond acceptors (Lipinski definition) is 2. The van der Waals surface area contributed by atoms with Crippen LogP contribution < -0.4 is 4.57 Å². The Morgan fingerprint density at radius 3 is 3.45 bits per heavy atom. The van der Waals surface area contributed by atoms with Gasteiger partial charge in [-0.2, -0.15) is 0 Å². The Labute approximate surface area is 69.7 Å². The summed E-state index contributed by atoms with van der Waals surface area (Å²) in [4.78, 5) is 0. The van der Waals surface area contributed by atoms with Gasteiger partial charge in [0.2, 0.25) is 0 Å². The lowest BCUT2D eigenvalue weighted by molar-refractivity contribution is -0.709. The number of aliphatic hydroxyl groups is 1. The third kappa shape index (κ3) is 1.16. The zero-order chi connectivity index (χ0) is 7.84. The first-order chi connectivity index (χ1) is 5.27. The van der Waals surface area contributed by atoms with E-state index in [1.165, 1.54) is 5.16 Å². The van der Waals surface area contributed by atoms with E-state index in [1.807, 2.05) is 19.4 Å². The second-order valence-electron chi connectivity index (χ2n) is 2.81. The number of aliphatic hydroxyl groups excluding tert-OH is 1. The zero-order valence-corrected chi connectivity index (χ0v) is 7.21. The van der Waals surface area contributed by atoms with Crippen LogP contribution in [0.5, 0.6) is 0 Å². The molecule has 1 aliphatic rings. The van der Waals surface area contributed by atoms with Crippen LogP contribution in [-0.4, -0.2) is 21.5 Å². The molecule has 1 aromatic heterocycles. The van der Waals surface area contributed by atoms with Crippen LogP contribution >= 0.6 is 11.8 Å². The van der Waals surface area contributed by atoms with Gasteiger partial charge in [-0.05, 0) is 11.8 Å². The van der Waals surface area contributed by atoms with Crippen molar-refractivity contribution in [1.29, 1.82) is 0 Å². The van der Waals surface area contributed by atoms with Crippen LogP contribution in [0.4, 0.5) is 0 Å². The zero-order valence-electron chi connectivity index (χ0n) is 6.40. The van der Waals surface area contributed by atoms with E-state index in [0.717, 1.165) is 12.3 Å². The van der Waals surface area contributed by atoms with Gasteiger partial charge in [-0.15, -0.1) is 0 Å². The van der Waals surface area contributed by atoms with Crippen LogP contribution in [-0.2, 0) is 13.6 Å². The van der Waals surface area contributed by atoms with Crippen LogP contribution in [0.1, 0.15) is 0 Å². The summed E-state index contributed by atoms with van der Waals surface area (Å²) in [7, 11) is 2.02. The molecule has 4 heteroatoms. The van der Waals surface area contributed by atoms with Crippen molar-refractivity contribution in [3.8, 4) is 0 Å². The molecule has 3 nitrogen and oxygen atoms in total. The highest BCUT2D eigenvalue weighted by Gasteiger charge is 2.24. The van der Waals surface area contributed by atoms with E-state index >= 15 is 0 Å². The van der Waals surface area contributed by atoms with Crippen molar-refractivity contribution in [2.24, 2.45) is 7.05 Å². The highest BCUT2D eigenvalue weighted by Crippen LogP contribution is 2.20. The molecule has 0 radical (unpaired) electrons. The summed E-state index contributed by atoms with van der Waals surface area (Å²) in [5, 5.41) is 10.5. The predicted molar refractivity (Wildman–Crippen MR) is 42.3 cm³/mol. The van der Waals surface area contributed by atoms with Gasteiger partial charge in [-0.1, -0.05) is 0 Å². The highest BCUT2D eigenvalue weighted by atomic mass is 32.2. The number of aromatic nitrogens is 2. The Hall–Kier alpha value is -0.480. The van der Waals surface area contributed by atoms with E-state index in [9.17, 15) is 5.11 Å². The number of fused-ring (bicyclic) bond motifs is 1. The average Bonchev–Trinajstić information content (AvgIpc) is 2.32. The molecule has 0 aromatic carbocycles. The summed E-state index contributed by atoms with van der Waals surface area (Å²) in [5.41, 5.74) is 0. The van der Waals surface area contributed by atoms with Gasteiger partial charge in [0.25, 0.3) is 0 Å². The number of aryl methyl sites for hydroxylation is 1. The molecule has 1 atom stereocenters. The fourth-order valence-corrected chi connectivity index (χ4v) is 2.30. The van der Waals surface area contributed by atoms with Gasteiger partial charge in [0.15, 0.2) is 0 Å². The SMILES string of the molecule is C[n+]1ccn2c1SCC(O)C2. The Morgan fingerprint density at radius 1 is 1.82 bits per heavy atom.